The van der Waals surface area contributed by atoms with Gasteiger partial charge < -0.3 is 5.32 Å². The highest BCUT2D eigenvalue weighted by Crippen LogP contribution is 2.32. The van der Waals surface area contributed by atoms with E-state index in [1.165, 1.54) is 0 Å². The molecule has 0 fully saturated rings. The molecule has 1 aromatic heterocycles. The van der Waals surface area contributed by atoms with Crippen LogP contribution in [0.1, 0.15) is 34.2 Å². The van der Waals surface area contributed by atoms with Crippen LogP contribution in [0.15, 0.2) is 60.0 Å². The molecule has 1 atom stereocenters. The molecule has 25 heavy (non-hydrogen) atoms. The van der Waals surface area contributed by atoms with Crippen molar-refractivity contribution in [3.05, 3.63) is 86.8 Å². The minimum absolute atomic E-state index is 0.0144. The zero-order chi connectivity index (χ0) is 17.6. The van der Waals surface area contributed by atoms with Crippen LogP contribution in [-0.4, -0.2) is 10.9 Å². The number of thiazole rings is 1. The number of nitrogens with one attached hydrogen (secondary N) is 1. The molecule has 0 radical (unpaired) electrons. The van der Waals surface area contributed by atoms with Gasteiger partial charge in [-0.25, -0.2) is 4.98 Å². The van der Waals surface area contributed by atoms with E-state index in [9.17, 15) is 4.79 Å². The number of rotatable bonds is 6. The standard InChI is InChI=1S/C20H19ClN2OS/c1-14-23-16(13-25-14)12-22-20(24)11-18(15-7-3-2-4-8-15)17-9-5-6-10-19(17)21/h2-10,13,18H,11-12H2,1H3,(H,22,24)/t18-/m0/s1. The maximum atomic E-state index is 12.5. The Hall–Kier alpha value is -2.17. The van der Waals surface area contributed by atoms with E-state index in [0.29, 0.717) is 18.0 Å². The molecule has 0 aliphatic rings. The fourth-order valence-electron chi connectivity index (χ4n) is 2.79. The van der Waals surface area contributed by atoms with Crippen molar-refractivity contribution in [1.82, 2.24) is 10.3 Å². The summed E-state index contributed by atoms with van der Waals surface area (Å²) in [6.45, 7) is 2.41. The van der Waals surface area contributed by atoms with E-state index in [0.717, 1.165) is 21.8 Å². The molecule has 5 heteroatoms. The third kappa shape index (κ3) is 4.68. The number of benzene rings is 2. The van der Waals surface area contributed by atoms with Gasteiger partial charge in [0.25, 0.3) is 0 Å². The predicted octanol–water partition coefficient (Wildman–Crippen LogP) is 4.94. The Morgan fingerprint density at radius 1 is 1.16 bits per heavy atom. The summed E-state index contributed by atoms with van der Waals surface area (Å²) in [5.41, 5.74) is 2.94. The van der Waals surface area contributed by atoms with Crippen LogP contribution < -0.4 is 5.32 Å². The summed E-state index contributed by atoms with van der Waals surface area (Å²) in [6, 6.07) is 17.7. The Labute approximate surface area is 156 Å². The van der Waals surface area contributed by atoms with Gasteiger partial charge in [0.15, 0.2) is 0 Å². The highest BCUT2D eigenvalue weighted by atomic mass is 35.5. The summed E-state index contributed by atoms with van der Waals surface area (Å²) in [5, 5.41) is 6.62. The number of hydrogen-bond donors (Lipinski definition) is 1. The second kappa shape index (κ2) is 8.28. The zero-order valence-electron chi connectivity index (χ0n) is 13.9. The molecule has 0 aliphatic carbocycles. The number of aromatic nitrogens is 1. The average molecular weight is 371 g/mol. The summed E-state index contributed by atoms with van der Waals surface area (Å²) in [7, 11) is 0. The molecule has 0 bridgehead atoms. The second-order valence-corrected chi connectivity index (χ2v) is 7.29. The first-order chi connectivity index (χ1) is 12.1. The number of aryl methyl sites for hydroxylation is 1. The average Bonchev–Trinajstić information content (AvgIpc) is 3.05. The first-order valence-corrected chi connectivity index (χ1v) is 9.36. The molecule has 1 heterocycles. The van der Waals surface area contributed by atoms with Gasteiger partial charge in [0.2, 0.25) is 5.91 Å². The quantitative estimate of drug-likeness (QED) is 0.667. The number of hydrogen-bond acceptors (Lipinski definition) is 3. The zero-order valence-corrected chi connectivity index (χ0v) is 15.5. The molecule has 1 N–H and O–H groups in total. The van der Waals surface area contributed by atoms with Gasteiger partial charge in [0.1, 0.15) is 0 Å². The van der Waals surface area contributed by atoms with Gasteiger partial charge in [-0.05, 0) is 24.1 Å². The van der Waals surface area contributed by atoms with E-state index in [1.807, 2.05) is 66.9 Å². The minimum Gasteiger partial charge on any atom is -0.350 e. The third-order valence-electron chi connectivity index (χ3n) is 4.01. The minimum atomic E-state index is -0.0768. The molecular weight excluding hydrogens is 352 g/mol. The highest BCUT2D eigenvalue weighted by Gasteiger charge is 2.20. The van der Waals surface area contributed by atoms with Crippen molar-refractivity contribution >= 4 is 28.8 Å². The monoisotopic (exact) mass is 370 g/mol. The molecule has 3 aromatic rings. The normalized spacial score (nSPS) is 11.9. The van der Waals surface area contributed by atoms with Crippen LogP contribution in [0.5, 0.6) is 0 Å². The predicted molar refractivity (Wildman–Crippen MR) is 103 cm³/mol. The first kappa shape index (κ1) is 17.6. The SMILES string of the molecule is Cc1nc(CNC(=O)C[C@@H](c2ccccc2)c2ccccc2Cl)cs1. The lowest BCUT2D eigenvalue weighted by Gasteiger charge is -2.19. The Morgan fingerprint density at radius 3 is 2.56 bits per heavy atom. The molecule has 2 aromatic carbocycles. The molecule has 128 valence electrons. The van der Waals surface area contributed by atoms with E-state index in [-0.39, 0.29) is 11.8 Å². The number of amides is 1. The molecular formula is C20H19ClN2OS. The topological polar surface area (TPSA) is 42.0 Å². The number of nitrogens with zero attached hydrogens (tertiary/aromatic N) is 1. The Morgan fingerprint density at radius 2 is 1.88 bits per heavy atom. The molecule has 0 spiro atoms. The molecule has 0 unspecified atom stereocenters. The summed E-state index contributed by atoms with van der Waals surface area (Å²) in [4.78, 5) is 16.9. The lowest BCUT2D eigenvalue weighted by Crippen LogP contribution is -2.25. The Kier molecular flexibility index (Phi) is 5.84. The van der Waals surface area contributed by atoms with Crippen molar-refractivity contribution in [3.8, 4) is 0 Å². The molecule has 3 nitrogen and oxygen atoms in total. The first-order valence-electron chi connectivity index (χ1n) is 8.10. The van der Waals surface area contributed by atoms with Crippen molar-refractivity contribution in [2.75, 3.05) is 0 Å². The number of carbonyl (C=O) groups excluding carboxylic acids is 1. The Balaban J connectivity index is 1.76. The van der Waals surface area contributed by atoms with Crippen LogP contribution >= 0.6 is 22.9 Å². The smallest absolute Gasteiger partial charge is 0.221 e. The van der Waals surface area contributed by atoms with Crippen molar-refractivity contribution in [2.45, 2.75) is 25.8 Å². The lowest BCUT2D eigenvalue weighted by molar-refractivity contribution is -0.121. The van der Waals surface area contributed by atoms with E-state index in [1.54, 1.807) is 11.3 Å². The van der Waals surface area contributed by atoms with Crippen molar-refractivity contribution in [2.24, 2.45) is 0 Å². The molecule has 0 saturated carbocycles. The summed E-state index contributed by atoms with van der Waals surface area (Å²) < 4.78 is 0. The largest absolute Gasteiger partial charge is 0.350 e. The highest BCUT2D eigenvalue weighted by molar-refractivity contribution is 7.09. The third-order valence-corrected chi connectivity index (χ3v) is 5.17. The van der Waals surface area contributed by atoms with Gasteiger partial charge in [-0.1, -0.05) is 60.1 Å². The summed E-state index contributed by atoms with van der Waals surface area (Å²) in [6.07, 6.45) is 0.344. The molecule has 0 aliphatic heterocycles. The van der Waals surface area contributed by atoms with E-state index in [4.69, 9.17) is 11.6 Å². The van der Waals surface area contributed by atoms with Crippen molar-refractivity contribution in [3.63, 3.8) is 0 Å². The summed E-state index contributed by atoms with van der Waals surface area (Å²) >= 11 is 7.97. The summed E-state index contributed by atoms with van der Waals surface area (Å²) in [5.74, 6) is -0.0912. The van der Waals surface area contributed by atoms with E-state index >= 15 is 0 Å². The van der Waals surface area contributed by atoms with Crippen molar-refractivity contribution in [1.29, 1.82) is 0 Å². The molecule has 0 saturated heterocycles. The molecule has 1 amide bonds. The van der Waals surface area contributed by atoms with Crippen LogP contribution in [0.2, 0.25) is 5.02 Å². The van der Waals surface area contributed by atoms with E-state index in [2.05, 4.69) is 10.3 Å². The van der Waals surface area contributed by atoms with Crippen LogP contribution in [-0.2, 0) is 11.3 Å². The van der Waals surface area contributed by atoms with Gasteiger partial charge in [0, 0.05) is 22.7 Å². The van der Waals surface area contributed by atoms with Crippen LogP contribution in [0.3, 0.4) is 0 Å². The van der Waals surface area contributed by atoms with Gasteiger partial charge in [0.05, 0.1) is 17.2 Å². The van der Waals surface area contributed by atoms with Crippen molar-refractivity contribution < 1.29 is 4.79 Å². The number of halogens is 1. The van der Waals surface area contributed by atoms with Crippen LogP contribution in [0.25, 0.3) is 0 Å². The Bertz CT molecular complexity index is 848. The van der Waals surface area contributed by atoms with Gasteiger partial charge in [-0.15, -0.1) is 11.3 Å². The maximum absolute atomic E-state index is 12.5. The fraction of sp³-hybridized carbons (Fsp3) is 0.200. The van der Waals surface area contributed by atoms with Gasteiger partial charge >= 0.3 is 0 Å². The van der Waals surface area contributed by atoms with Gasteiger partial charge in [-0.2, -0.15) is 0 Å². The van der Waals surface area contributed by atoms with Gasteiger partial charge in [-0.3, -0.25) is 4.79 Å². The fourth-order valence-corrected chi connectivity index (χ4v) is 3.67. The number of carbonyl (C=O) groups is 1. The second-order valence-electron chi connectivity index (χ2n) is 5.82. The molecule has 3 rings (SSSR count). The van der Waals surface area contributed by atoms with E-state index < -0.39 is 0 Å². The lowest BCUT2D eigenvalue weighted by atomic mass is 9.88. The van der Waals surface area contributed by atoms with Crippen LogP contribution in [0, 0.1) is 6.92 Å². The maximum Gasteiger partial charge on any atom is 0.221 e. The van der Waals surface area contributed by atoms with Crippen LogP contribution in [0.4, 0.5) is 0 Å².